The molecule has 1 aliphatic heterocycles. The lowest BCUT2D eigenvalue weighted by Crippen LogP contribution is -2.49. The molecule has 1 aliphatic rings. The minimum atomic E-state index is -0.0591. The Morgan fingerprint density at radius 1 is 1.68 bits per heavy atom. The van der Waals surface area contributed by atoms with Crippen molar-refractivity contribution in [3.8, 4) is 0 Å². The zero-order chi connectivity index (χ0) is 13.8. The second kappa shape index (κ2) is 6.21. The van der Waals surface area contributed by atoms with Crippen LogP contribution in [0, 0.1) is 0 Å². The van der Waals surface area contributed by atoms with Gasteiger partial charge >= 0.3 is 0 Å². The summed E-state index contributed by atoms with van der Waals surface area (Å²) in [5.74, 6) is 0.762. The quantitative estimate of drug-likeness (QED) is 0.874. The van der Waals surface area contributed by atoms with E-state index in [2.05, 4.69) is 27.4 Å². The number of hydrogen-bond acceptors (Lipinski definition) is 4. The Morgan fingerprint density at radius 3 is 3.11 bits per heavy atom. The summed E-state index contributed by atoms with van der Waals surface area (Å²) in [6.45, 7) is 6.84. The molecule has 0 aromatic carbocycles. The minimum Gasteiger partial charge on any atom is -0.353 e. The Hall–Kier alpha value is -1.33. The first-order valence-electron chi connectivity index (χ1n) is 6.43. The van der Waals surface area contributed by atoms with Gasteiger partial charge in [0, 0.05) is 45.3 Å². The van der Waals surface area contributed by atoms with Gasteiger partial charge in [-0.05, 0) is 18.6 Å². The molecule has 1 aromatic rings. The molecule has 1 amide bonds. The maximum Gasteiger partial charge on any atom is 0.217 e. The van der Waals surface area contributed by atoms with E-state index in [4.69, 9.17) is 11.6 Å². The van der Waals surface area contributed by atoms with Crippen LogP contribution in [-0.4, -0.2) is 36.6 Å². The van der Waals surface area contributed by atoms with E-state index < -0.39 is 0 Å². The molecule has 1 aromatic heterocycles. The van der Waals surface area contributed by atoms with E-state index in [0.29, 0.717) is 17.6 Å². The van der Waals surface area contributed by atoms with Gasteiger partial charge in [0.05, 0.1) is 5.02 Å². The van der Waals surface area contributed by atoms with Gasteiger partial charge < -0.3 is 15.5 Å². The number of anilines is 1. The van der Waals surface area contributed by atoms with Crippen molar-refractivity contribution in [3.05, 3.63) is 22.8 Å². The Kier molecular flexibility index (Phi) is 4.61. The van der Waals surface area contributed by atoms with Crippen LogP contribution in [0.25, 0.3) is 0 Å². The van der Waals surface area contributed by atoms with Crippen LogP contribution in [0.2, 0.25) is 5.02 Å². The van der Waals surface area contributed by atoms with E-state index in [9.17, 15) is 4.79 Å². The second-order valence-electron chi connectivity index (χ2n) is 4.86. The topological polar surface area (TPSA) is 57.3 Å². The zero-order valence-corrected chi connectivity index (χ0v) is 12.0. The third-order valence-corrected chi connectivity index (χ3v) is 3.37. The molecular weight excluding hydrogens is 264 g/mol. The summed E-state index contributed by atoms with van der Waals surface area (Å²) in [6, 6.07) is 2.30. The molecule has 2 heterocycles. The number of carbonyl (C=O) groups is 1. The van der Waals surface area contributed by atoms with Gasteiger partial charge in [-0.1, -0.05) is 11.6 Å². The van der Waals surface area contributed by atoms with Gasteiger partial charge in [0.1, 0.15) is 5.82 Å². The summed E-state index contributed by atoms with van der Waals surface area (Å²) < 4.78 is 0. The summed E-state index contributed by atoms with van der Waals surface area (Å²) in [4.78, 5) is 17.5. The van der Waals surface area contributed by atoms with Crippen molar-refractivity contribution in [1.82, 2.24) is 15.6 Å². The molecule has 5 nitrogen and oxygen atoms in total. The molecule has 19 heavy (non-hydrogen) atoms. The van der Waals surface area contributed by atoms with Crippen LogP contribution in [0.4, 0.5) is 5.82 Å². The summed E-state index contributed by atoms with van der Waals surface area (Å²) in [6.07, 6.45) is 1.77. The first kappa shape index (κ1) is 14.1. The minimum absolute atomic E-state index is 0.0591. The summed E-state index contributed by atoms with van der Waals surface area (Å²) in [7, 11) is 0. The van der Waals surface area contributed by atoms with E-state index >= 15 is 0 Å². The van der Waals surface area contributed by atoms with Crippen molar-refractivity contribution in [2.75, 3.05) is 24.5 Å². The number of aromatic nitrogens is 1. The van der Waals surface area contributed by atoms with Gasteiger partial charge in [0.25, 0.3) is 0 Å². The number of hydrogen-bond donors (Lipinski definition) is 2. The molecule has 0 spiro atoms. The molecule has 0 saturated carbocycles. The van der Waals surface area contributed by atoms with Crippen molar-refractivity contribution >= 4 is 23.3 Å². The van der Waals surface area contributed by atoms with E-state index in [-0.39, 0.29) is 5.91 Å². The Labute approximate surface area is 118 Å². The van der Waals surface area contributed by atoms with Crippen LogP contribution in [0.1, 0.15) is 19.4 Å². The molecule has 0 bridgehead atoms. The molecule has 2 N–H and O–H groups in total. The maximum absolute atomic E-state index is 10.9. The van der Waals surface area contributed by atoms with Crippen molar-refractivity contribution in [1.29, 1.82) is 0 Å². The van der Waals surface area contributed by atoms with Crippen LogP contribution in [0.5, 0.6) is 0 Å². The zero-order valence-electron chi connectivity index (χ0n) is 11.2. The van der Waals surface area contributed by atoms with Crippen molar-refractivity contribution in [2.24, 2.45) is 0 Å². The van der Waals surface area contributed by atoms with Gasteiger partial charge in [-0.3, -0.25) is 4.79 Å². The monoisotopic (exact) mass is 282 g/mol. The van der Waals surface area contributed by atoms with Gasteiger partial charge in [0.15, 0.2) is 0 Å². The number of pyridine rings is 1. The maximum atomic E-state index is 10.9. The lowest BCUT2D eigenvalue weighted by Gasteiger charge is -2.33. The number of halogens is 1. The third kappa shape index (κ3) is 3.81. The fourth-order valence-electron chi connectivity index (χ4n) is 2.15. The van der Waals surface area contributed by atoms with E-state index in [1.54, 1.807) is 6.20 Å². The molecule has 1 saturated heterocycles. The molecular formula is C13H19ClN4O. The number of piperazine rings is 1. The fraction of sp³-hybridized carbons (Fsp3) is 0.538. The number of nitrogens with one attached hydrogen (secondary N) is 2. The predicted molar refractivity (Wildman–Crippen MR) is 76.4 cm³/mol. The van der Waals surface area contributed by atoms with Gasteiger partial charge in [-0.25, -0.2) is 4.98 Å². The number of amides is 1. The average Bonchev–Trinajstić information content (AvgIpc) is 2.36. The van der Waals surface area contributed by atoms with Crippen LogP contribution < -0.4 is 15.5 Å². The lowest BCUT2D eigenvalue weighted by atomic mass is 10.2. The van der Waals surface area contributed by atoms with Gasteiger partial charge in [0.2, 0.25) is 5.91 Å². The molecule has 0 unspecified atom stereocenters. The van der Waals surface area contributed by atoms with Gasteiger partial charge in [-0.2, -0.15) is 0 Å². The van der Waals surface area contributed by atoms with Crippen LogP contribution in [0.15, 0.2) is 12.3 Å². The molecule has 1 atom stereocenters. The van der Waals surface area contributed by atoms with Gasteiger partial charge in [-0.15, -0.1) is 0 Å². The van der Waals surface area contributed by atoms with E-state index in [0.717, 1.165) is 31.0 Å². The van der Waals surface area contributed by atoms with E-state index in [1.807, 2.05) is 6.07 Å². The molecule has 6 heteroatoms. The Morgan fingerprint density at radius 2 is 2.47 bits per heavy atom. The number of rotatable bonds is 3. The highest BCUT2D eigenvalue weighted by Crippen LogP contribution is 2.24. The lowest BCUT2D eigenvalue weighted by molar-refractivity contribution is -0.119. The molecule has 1 fully saturated rings. The SMILES string of the molecule is CC(=O)NCc1cnc(N2CCN[C@H](C)C2)c(Cl)c1. The Bertz CT molecular complexity index is 466. The summed E-state index contributed by atoms with van der Waals surface area (Å²) >= 11 is 6.29. The third-order valence-electron chi connectivity index (χ3n) is 3.09. The van der Waals surface area contributed by atoms with Crippen molar-refractivity contribution < 1.29 is 4.79 Å². The number of nitrogens with zero attached hydrogens (tertiary/aromatic N) is 2. The van der Waals surface area contributed by atoms with Crippen LogP contribution >= 0.6 is 11.6 Å². The highest BCUT2D eigenvalue weighted by atomic mass is 35.5. The van der Waals surface area contributed by atoms with Crippen molar-refractivity contribution in [2.45, 2.75) is 26.4 Å². The first-order chi connectivity index (χ1) is 9.06. The fourth-order valence-corrected chi connectivity index (χ4v) is 2.46. The Balaban J connectivity index is 2.08. The van der Waals surface area contributed by atoms with Crippen molar-refractivity contribution in [3.63, 3.8) is 0 Å². The number of carbonyl (C=O) groups excluding carboxylic acids is 1. The highest BCUT2D eigenvalue weighted by Gasteiger charge is 2.19. The largest absolute Gasteiger partial charge is 0.353 e. The van der Waals surface area contributed by atoms with Crippen LogP contribution in [0.3, 0.4) is 0 Å². The summed E-state index contributed by atoms with van der Waals surface area (Å²) in [5.41, 5.74) is 0.909. The molecule has 2 rings (SSSR count). The summed E-state index contributed by atoms with van der Waals surface area (Å²) in [5, 5.41) is 6.76. The molecule has 0 aliphatic carbocycles. The normalized spacial score (nSPS) is 19.3. The smallest absolute Gasteiger partial charge is 0.217 e. The highest BCUT2D eigenvalue weighted by molar-refractivity contribution is 6.33. The first-order valence-corrected chi connectivity index (χ1v) is 6.81. The van der Waals surface area contributed by atoms with E-state index in [1.165, 1.54) is 6.92 Å². The van der Waals surface area contributed by atoms with Crippen LogP contribution in [-0.2, 0) is 11.3 Å². The second-order valence-corrected chi connectivity index (χ2v) is 5.27. The average molecular weight is 283 g/mol. The standard InChI is InChI=1S/C13H19ClN4O/c1-9-8-18(4-3-15-9)13-12(14)5-11(7-17-13)6-16-10(2)19/h5,7,9,15H,3-4,6,8H2,1-2H3,(H,16,19)/t9-/m1/s1. The predicted octanol–water partition coefficient (Wildman–Crippen LogP) is 1.17. The molecule has 0 radical (unpaired) electrons. The molecule has 104 valence electrons.